The number of hydrogen-bond donors (Lipinski definition) is 1. The van der Waals surface area contributed by atoms with Crippen LogP contribution in [0.4, 0.5) is 0 Å². The lowest BCUT2D eigenvalue weighted by Gasteiger charge is -2.36. The molecule has 0 bridgehead atoms. The fraction of sp³-hybridized carbons (Fsp3) is 1.00. The van der Waals surface area contributed by atoms with E-state index in [4.69, 9.17) is 18.1 Å². The molecule has 1 rings (SSSR count). The molecule has 7 nitrogen and oxygen atoms in total. The molecule has 21 heavy (non-hydrogen) atoms. The minimum Gasteiger partial charge on any atom is -0.393 e. The standard InChI is InChI=1S/C12H26O7P2/c1-16-20(14,17-2)8-10-6-5-7-11(12(10)13)9-21(15,18-3)19-4/h10-13H,5-9H2,1-4H3. The molecule has 0 heterocycles. The van der Waals surface area contributed by atoms with Crippen molar-refractivity contribution in [1.82, 2.24) is 0 Å². The molecule has 0 aromatic rings. The third-order valence-corrected chi connectivity index (χ3v) is 8.20. The second-order valence-corrected chi connectivity index (χ2v) is 9.89. The van der Waals surface area contributed by atoms with Crippen molar-refractivity contribution in [3.05, 3.63) is 0 Å². The number of hydrogen-bond acceptors (Lipinski definition) is 7. The smallest absolute Gasteiger partial charge is 0.330 e. The maximum atomic E-state index is 12.2. The van der Waals surface area contributed by atoms with Crippen LogP contribution < -0.4 is 0 Å². The van der Waals surface area contributed by atoms with Crippen LogP contribution in [-0.4, -0.2) is 52.0 Å². The molecule has 0 amide bonds. The Bertz CT molecular complexity index is 362. The summed E-state index contributed by atoms with van der Waals surface area (Å²) in [5.74, 6) is -0.423. The molecule has 2 unspecified atom stereocenters. The topological polar surface area (TPSA) is 91.3 Å². The minimum atomic E-state index is -3.17. The molecule has 0 aliphatic heterocycles. The lowest BCUT2D eigenvalue weighted by atomic mass is 9.80. The predicted molar refractivity (Wildman–Crippen MR) is 79.8 cm³/mol. The molecule has 0 aromatic carbocycles. The third kappa shape index (κ3) is 5.14. The van der Waals surface area contributed by atoms with Crippen LogP contribution in [0.3, 0.4) is 0 Å². The fourth-order valence-corrected chi connectivity index (χ4v) is 5.63. The summed E-state index contributed by atoms with van der Waals surface area (Å²) in [7, 11) is -1.00. The highest BCUT2D eigenvalue weighted by molar-refractivity contribution is 7.54. The van der Waals surface area contributed by atoms with Crippen LogP contribution >= 0.6 is 15.2 Å². The maximum absolute atomic E-state index is 12.2. The van der Waals surface area contributed by atoms with Gasteiger partial charge in [-0.05, 0) is 24.7 Å². The highest BCUT2D eigenvalue weighted by Gasteiger charge is 2.40. The zero-order valence-electron chi connectivity index (χ0n) is 13.1. The molecular weight excluding hydrogens is 318 g/mol. The molecule has 1 aliphatic rings. The lowest BCUT2D eigenvalue weighted by molar-refractivity contribution is 0.0309. The summed E-state index contributed by atoms with van der Waals surface area (Å²) in [6.07, 6.45) is 1.91. The Kier molecular flexibility index (Phi) is 7.55. The van der Waals surface area contributed by atoms with Gasteiger partial charge in [0.2, 0.25) is 0 Å². The van der Waals surface area contributed by atoms with Crippen LogP contribution in [0.15, 0.2) is 0 Å². The average Bonchev–Trinajstić information content (AvgIpc) is 2.51. The largest absolute Gasteiger partial charge is 0.393 e. The molecule has 1 fully saturated rings. The van der Waals surface area contributed by atoms with Gasteiger partial charge < -0.3 is 23.2 Å². The molecular formula is C12H26O7P2. The Balaban J connectivity index is 2.75. The number of aliphatic hydroxyl groups excluding tert-OH is 1. The van der Waals surface area contributed by atoms with Gasteiger partial charge in [0.05, 0.1) is 18.4 Å². The molecule has 2 atom stereocenters. The van der Waals surface area contributed by atoms with Gasteiger partial charge in [-0.25, -0.2) is 0 Å². The van der Waals surface area contributed by atoms with Crippen molar-refractivity contribution in [3.63, 3.8) is 0 Å². The molecule has 0 aromatic heterocycles. The van der Waals surface area contributed by atoms with E-state index >= 15 is 0 Å². The summed E-state index contributed by atoms with van der Waals surface area (Å²) in [6, 6.07) is 0. The van der Waals surface area contributed by atoms with Gasteiger partial charge >= 0.3 is 15.2 Å². The first-order valence-electron chi connectivity index (χ1n) is 6.92. The Morgan fingerprint density at radius 2 is 1.19 bits per heavy atom. The van der Waals surface area contributed by atoms with Crippen LogP contribution in [0.2, 0.25) is 0 Å². The van der Waals surface area contributed by atoms with Gasteiger partial charge in [-0.15, -0.1) is 0 Å². The Labute approximate surface area is 126 Å². The van der Waals surface area contributed by atoms with Crippen LogP contribution in [-0.2, 0) is 27.2 Å². The summed E-state index contributed by atoms with van der Waals surface area (Å²) in [6.45, 7) is 0. The van der Waals surface area contributed by atoms with Gasteiger partial charge in [0.25, 0.3) is 0 Å². The fourth-order valence-electron chi connectivity index (χ4n) is 2.79. The average molecular weight is 344 g/mol. The summed E-state index contributed by atoms with van der Waals surface area (Å²) in [5, 5.41) is 10.5. The quantitative estimate of drug-likeness (QED) is 0.677. The predicted octanol–water partition coefficient (Wildman–Crippen LogP) is 2.74. The monoisotopic (exact) mass is 344 g/mol. The molecule has 126 valence electrons. The molecule has 1 saturated carbocycles. The Hall–Kier alpha value is 0.260. The van der Waals surface area contributed by atoms with E-state index in [0.29, 0.717) is 0 Å². The summed E-state index contributed by atoms with van der Waals surface area (Å²) in [5.41, 5.74) is 0. The van der Waals surface area contributed by atoms with Crippen molar-refractivity contribution in [2.24, 2.45) is 11.8 Å². The van der Waals surface area contributed by atoms with Crippen LogP contribution in [0.5, 0.6) is 0 Å². The van der Waals surface area contributed by atoms with E-state index in [1.165, 1.54) is 28.4 Å². The third-order valence-electron chi connectivity index (χ3n) is 4.14. The molecule has 9 heteroatoms. The highest BCUT2D eigenvalue weighted by atomic mass is 31.2. The minimum absolute atomic E-state index is 0.155. The van der Waals surface area contributed by atoms with Crippen molar-refractivity contribution in [2.45, 2.75) is 25.4 Å². The van der Waals surface area contributed by atoms with Gasteiger partial charge in [-0.1, -0.05) is 6.42 Å². The van der Waals surface area contributed by atoms with Gasteiger partial charge in [0.1, 0.15) is 0 Å². The summed E-state index contributed by atoms with van der Waals surface area (Å²) >= 11 is 0. The van der Waals surface area contributed by atoms with Gasteiger partial charge in [-0.3, -0.25) is 9.13 Å². The van der Waals surface area contributed by atoms with Crippen molar-refractivity contribution in [3.8, 4) is 0 Å². The van der Waals surface area contributed by atoms with Crippen LogP contribution in [0, 0.1) is 11.8 Å². The van der Waals surface area contributed by atoms with E-state index < -0.39 is 21.3 Å². The zero-order valence-corrected chi connectivity index (χ0v) is 14.8. The number of rotatable bonds is 8. The summed E-state index contributed by atoms with van der Waals surface area (Å²) < 4.78 is 44.2. The van der Waals surface area contributed by atoms with Gasteiger partial charge in [-0.2, -0.15) is 0 Å². The van der Waals surface area contributed by atoms with Crippen molar-refractivity contribution in [1.29, 1.82) is 0 Å². The first-order valence-corrected chi connectivity index (χ1v) is 10.4. The molecule has 0 saturated heterocycles. The highest BCUT2D eigenvalue weighted by Crippen LogP contribution is 2.53. The summed E-state index contributed by atoms with van der Waals surface area (Å²) in [4.78, 5) is 0. The molecule has 0 spiro atoms. The Morgan fingerprint density at radius 1 is 0.857 bits per heavy atom. The first kappa shape index (κ1) is 19.3. The number of aliphatic hydroxyl groups is 1. The van der Waals surface area contributed by atoms with Crippen molar-refractivity contribution in [2.75, 3.05) is 40.8 Å². The van der Waals surface area contributed by atoms with Crippen LogP contribution in [0.25, 0.3) is 0 Å². The van der Waals surface area contributed by atoms with E-state index in [2.05, 4.69) is 0 Å². The van der Waals surface area contributed by atoms with Gasteiger partial charge in [0.15, 0.2) is 0 Å². The first-order chi connectivity index (χ1) is 9.83. The Morgan fingerprint density at radius 3 is 1.48 bits per heavy atom. The lowest BCUT2D eigenvalue weighted by Crippen LogP contribution is -2.37. The molecule has 1 N–H and O–H groups in total. The van der Waals surface area contributed by atoms with E-state index in [-0.39, 0.29) is 24.2 Å². The van der Waals surface area contributed by atoms with Crippen molar-refractivity contribution < 1.29 is 32.3 Å². The van der Waals surface area contributed by atoms with E-state index in [9.17, 15) is 14.2 Å². The maximum Gasteiger partial charge on any atom is 0.330 e. The van der Waals surface area contributed by atoms with Gasteiger partial charge in [0, 0.05) is 28.4 Å². The van der Waals surface area contributed by atoms with E-state index in [1.54, 1.807) is 0 Å². The second-order valence-electron chi connectivity index (χ2n) is 5.26. The van der Waals surface area contributed by atoms with Crippen LogP contribution in [0.1, 0.15) is 19.3 Å². The molecule has 1 aliphatic carbocycles. The molecule has 0 radical (unpaired) electrons. The zero-order chi connectivity index (χ0) is 16.1. The van der Waals surface area contributed by atoms with Crippen molar-refractivity contribution >= 4 is 15.2 Å². The van der Waals surface area contributed by atoms with E-state index in [1.807, 2.05) is 0 Å². The second kappa shape index (κ2) is 8.21. The SMILES string of the molecule is COP(=O)(CC1CCCC(CP(=O)(OC)OC)C1O)OC. The normalized spacial score (nSPS) is 27.8. The van der Waals surface area contributed by atoms with E-state index in [0.717, 1.165) is 19.3 Å².